The molecule has 0 fully saturated rings. The monoisotopic (exact) mass is 898 g/mol. The Hall–Kier alpha value is -4.32. The molecule has 16 heteroatoms. The highest BCUT2D eigenvalue weighted by molar-refractivity contribution is 9.10. The van der Waals surface area contributed by atoms with Crippen LogP contribution < -0.4 is 29.6 Å². The van der Waals surface area contributed by atoms with Crippen LogP contribution in [0, 0.1) is 0 Å². The van der Waals surface area contributed by atoms with E-state index in [1.54, 1.807) is 0 Å². The zero-order valence-corrected chi connectivity index (χ0v) is 34.1. The van der Waals surface area contributed by atoms with Crippen molar-refractivity contribution in [2.24, 2.45) is 0 Å². The van der Waals surface area contributed by atoms with E-state index in [9.17, 15) is 19.8 Å². The van der Waals surface area contributed by atoms with E-state index in [0.29, 0.717) is 45.6 Å². The fourth-order valence-electron chi connectivity index (χ4n) is 7.31. The lowest BCUT2D eigenvalue weighted by Crippen LogP contribution is -2.28. The van der Waals surface area contributed by atoms with Crippen molar-refractivity contribution in [1.82, 2.24) is 20.6 Å². The van der Waals surface area contributed by atoms with E-state index in [2.05, 4.69) is 88.9 Å². The van der Waals surface area contributed by atoms with Crippen LogP contribution in [-0.4, -0.2) is 81.8 Å². The number of aromatic nitrogens is 2. The molecule has 298 valence electrons. The number of nitrogens with one attached hydrogen (secondary N) is 2. The minimum atomic E-state index is -1.06. The third kappa shape index (κ3) is 9.79. The van der Waals surface area contributed by atoms with Gasteiger partial charge in [-0.2, -0.15) is 9.97 Å². The summed E-state index contributed by atoms with van der Waals surface area (Å²) in [5.74, 6) is -0.598. The first-order chi connectivity index (χ1) is 26.9. The molecule has 2 aromatic heterocycles. The molecule has 2 aromatic carbocycles. The molecule has 6 N–H and O–H groups in total. The van der Waals surface area contributed by atoms with Crippen LogP contribution in [-0.2, 0) is 35.5 Å². The van der Waals surface area contributed by atoms with Crippen LogP contribution in [0.1, 0.15) is 71.3 Å². The van der Waals surface area contributed by atoms with Crippen molar-refractivity contribution < 1.29 is 49.0 Å². The number of aliphatic hydroxyl groups excluding tert-OH is 2. The molecule has 4 aromatic rings. The number of fused-ring (bicyclic) bond motifs is 2. The number of aliphatic carboxylic acids is 2. The van der Waals surface area contributed by atoms with E-state index >= 15 is 0 Å². The molecule has 14 nitrogen and oxygen atoms in total. The Bertz CT molecular complexity index is 1920. The van der Waals surface area contributed by atoms with Crippen molar-refractivity contribution in [1.29, 1.82) is 0 Å². The van der Waals surface area contributed by atoms with Crippen molar-refractivity contribution >= 4 is 43.8 Å². The number of hydrogen-bond acceptors (Lipinski definition) is 12. The van der Waals surface area contributed by atoms with E-state index in [-0.39, 0.29) is 38.1 Å². The minimum absolute atomic E-state index is 0.107. The van der Waals surface area contributed by atoms with Gasteiger partial charge in [0.25, 0.3) is 0 Å². The Morgan fingerprint density at radius 1 is 0.714 bits per heavy atom. The van der Waals surface area contributed by atoms with Gasteiger partial charge in [-0.15, -0.1) is 0 Å². The number of halogens is 2. The summed E-state index contributed by atoms with van der Waals surface area (Å²) in [6, 6.07) is 16.4. The van der Waals surface area contributed by atoms with E-state index in [0.717, 1.165) is 59.1 Å². The van der Waals surface area contributed by atoms with Crippen LogP contribution in [0.5, 0.6) is 23.5 Å². The number of hydrogen-bond donors (Lipinski definition) is 6. The van der Waals surface area contributed by atoms with Gasteiger partial charge in [-0.1, -0.05) is 36.4 Å². The van der Waals surface area contributed by atoms with Gasteiger partial charge in [-0.25, -0.2) is 0 Å². The van der Waals surface area contributed by atoms with E-state index in [4.69, 9.17) is 29.2 Å². The maximum absolute atomic E-state index is 10.9. The molecule has 0 saturated heterocycles. The zero-order valence-electron chi connectivity index (χ0n) is 30.9. The van der Waals surface area contributed by atoms with Gasteiger partial charge in [-0.3, -0.25) is 9.59 Å². The predicted octanol–water partition coefficient (Wildman–Crippen LogP) is 5.67. The molecule has 0 spiro atoms. The molecule has 56 heavy (non-hydrogen) atoms. The third-order valence-corrected chi connectivity index (χ3v) is 10.9. The Balaban J connectivity index is 1.16. The average molecular weight is 901 g/mol. The maximum Gasteiger partial charge on any atom is 0.306 e. The number of aliphatic hydroxyl groups is 2. The first-order valence-electron chi connectivity index (χ1n) is 18.2. The highest BCUT2D eigenvalue weighted by atomic mass is 79.9. The second kappa shape index (κ2) is 18.7. The SMILES string of the molecule is COc1nc(O[C@H]2CCc3c(-c4cccc5c4CC[C@@H]5Oc4nc(OC)c(CNC[C@@H](O)CC(=O)O)cc4Br)cccc32)c(Br)cc1CNC[C@@H](O)CC(=O)O. The molecular weight excluding hydrogens is 856 g/mol. The predicted molar refractivity (Wildman–Crippen MR) is 212 cm³/mol. The van der Waals surface area contributed by atoms with Gasteiger partial charge in [0.1, 0.15) is 12.2 Å². The van der Waals surface area contributed by atoms with Crippen LogP contribution >= 0.6 is 31.9 Å². The van der Waals surface area contributed by atoms with Crippen LogP contribution in [0.25, 0.3) is 11.1 Å². The number of ether oxygens (including phenoxy) is 4. The summed E-state index contributed by atoms with van der Waals surface area (Å²) < 4.78 is 25.5. The number of benzene rings is 2. The standard InChI is InChI=1S/C40H44Br2N4O10/c1-53-37-21(17-43-19-23(47)15-35(49)50)13-31(41)39(45-37)55-33-11-9-27-25(5-3-7-29(27)33)26-6-4-8-30-28(26)10-12-34(30)56-40-32(42)14-22(38(46-40)54-2)18-44-20-24(48)16-36(51)52/h3-8,13-14,23-24,33-34,43-44,47-48H,9-12,15-20H2,1-2H3,(H,49,50)(H,51,52)/t23-,24-,33-,34-/m0/s1. The molecule has 4 atom stereocenters. The van der Waals surface area contributed by atoms with Crippen molar-refractivity contribution in [3.05, 3.63) is 90.9 Å². The van der Waals surface area contributed by atoms with Crippen LogP contribution in [0.3, 0.4) is 0 Å². The first kappa shape index (κ1) is 41.3. The number of rotatable bonds is 19. The van der Waals surface area contributed by atoms with Crippen molar-refractivity contribution in [3.8, 4) is 34.6 Å². The lowest BCUT2D eigenvalue weighted by atomic mass is 9.91. The first-order valence-corrected chi connectivity index (χ1v) is 19.8. The summed E-state index contributed by atoms with van der Waals surface area (Å²) in [6.07, 6.45) is 0.0130. The number of carboxylic acids is 2. The van der Waals surface area contributed by atoms with Crippen molar-refractivity contribution in [2.75, 3.05) is 27.3 Å². The lowest BCUT2D eigenvalue weighted by Gasteiger charge is -2.19. The second-order valence-corrected chi connectivity index (χ2v) is 15.4. The number of carbonyl (C=O) groups is 2. The Morgan fingerprint density at radius 3 is 1.50 bits per heavy atom. The van der Waals surface area contributed by atoms with E-state index < -0.39 is 24.1 Å². The fraction of sp³-hybridized carbons (Fsp3) is 0.400. The Kier molecular flexibility index (Phi) is 13.8. The van der Waals surface area contributed by atoms with Crippen molar-refractivity contribution in [2.45, 2.75) is 76.0 Å². The Labute approximate surface area is 340 Å². The minimum Gasteiger partial charge on any atom is -0.481 e. The number of methoxy groups -OCH3 is 2. The highest BCUT2D eigenvalue weighted by Crippen LogP contribution is 2.46. The zero-order chi connectivity index (χ0) is 39.9. The summed E-state index contributed by atoms with van der Waals surface area (Å²) in [5.41, 5.74) is 8.43. The summed E-state index contributed by atoms with van der Waals surface area (Å²) in [5, 5.41) is 43.7. The molecule has 0 unspecified atom stereocenters. The molecule has 2 aliphatic rings. The molecule has 0 radical (unpaired) electrons. The fourth-order valence-corrected chi connectivity index (χ4v) is 8.22. The largest absolute Gasteiger partial charge is 0.481 e. The maximum atomic E-state index is 10.9. The summed E-state index contributed by atoms with van der Waals surface area (Å²) in [7, 11) is 3.05. The normalized spacial score (nSPS) is 16.8. The summed E-state index contributed by atoms with van der Waals surface area (Å²) >= 11 is 7.22. The molecule has 6 rings (SSSR count). The molecule has 0 bridgehead atoms. The highest BCUT2D eigenvalue weighted by Gasteiger charge is 2.32. The van der Waals surface area contributed by atoms with E-state index in [1.165, 1.54) is 25.3 Å². The molecule has 2 heterocycles. The molecule has 0 saturated carbocycles. The van der Waals surface area contributed by atoms with Crippen LogP contribution in [0.4, 0.5) is 0 Å². The third-order valence-electron chi connectivity index (χ3n) is 9.79. The smallest absolute Gasteiger partial charge is 0.306 e. The molecular formula is C40H44Br2N4O10. The topological polar surface area (TPSA) is 202 Å². The summed E-state index contributed by atoms with van der Waals surface area (Å²) in [6.45, 7) is 0.836. The number of pyridine rings is 2. The van der Waals surface area contributed by atoms with Gasteiger partial charge in [0.05, 0.1) is 48.2 Å². The van der Waals surface area contributed by atoms with Gasteiger partial charge in [0, 0.05) is 37.3 Å². The molecule has 0 aliphatic heterocycles. The Morgan fingerprint density at radius 2 is 1.12 bits per heavy atom. The van der Waals surface area contributed by atoms with Gasteiger partial charge in [0.2, 0.25) is 23.5 Å². The van der Waals surface area contributed by atoms with Gasteiger partial charge >= 0.3 is 11.9 Å². The van der Waals surface area contributed by atoms with Gasteiger partial charge < -0.3 is 50.0 Å². The van der Waals surface area contributed by atoms with E-state index in [1.807, 2.05) is 12.1 Å². The summed E-state index contributed by atoms with van der Waals surface area (Å²) in [4.78, 5) is 31.0. The lowest BCUT2D eigenvalue weighted by molar-refractivity contribution is -0.140. The quantitative estimate of drug-likeness (QED) is 0.0673. The van der Waals surface area contributed by atoms with Gasteiger partial charge in [0.15, 0.2) is 0 Å². The van der Waals surface area contributed by atoms with Crippen molar-refractivity contribution in [3.63, 3.8) is 0 Å². The van der Waals surface area contributed by atoms with Gasteiger partial charge in [-0.05, 0) is 103 Å². The number of carboxylic acid groups (broad SMARTS) is 2. The molecule has 0 amide bonds. The van der Waals surface area contributed by atoms with Crippen LogP contribution in [0.15, 0.2) is 57.5 Å². The second-order valence-electron chi connectivity index (χ2n) is 13.7. The molecule has 2 aliphatic carbocycles. The van der Waals surface area contributed by atoms with Crippen LogP contribution in [0.2, 0.25) is 0 Å². The average Bonchev–Trinajstić information content (AvgIpc) is 3.77. The number of nitrogens with zero attached hydrogens (tertiary/aromatic N) is 2.